The average Bonchev–Trinajstić information content (AvgIpc) is 2.98. The van der Waals surface area contributed by atoms with E-state index in [0.29, 0.717) is 16.3 Å². The van der Waals surface area contributed by atoms with E-state index in [1.165, 1.54) is 29.5 Å². The van der Waals surface area contributed by atoms with Crippen LogP contribution in [-0.2, 0) is 0 Å². The van der Waals surface area contributed by atoms with Crippen LogP contribution in [0.1, 0.15) is 14.7 Å². The minimum atomic E-state index is -0.498. The Morgan fingerprint density at radius 2 is 1.92 bits per heavy atom. The molecule has 3 aromatic rings. The average molecular weight is 339 g/mol. The van der Waals surface area contributed by atoms with Crippen LogP contribution in [0.3, 0.4) is 0 Å². The van der Waals surface area contributed by atoms with Gasteiger partial charge in [0.05, 0.1) is 15.6 Å². The van der Waals surface area contributed by atoms with Crippen molar-refractivity contribution < 1.29 is 9.72 Å². The van der Waals surface area contributed by atoms with Gasteiger partial charge in [0, 0.05) is 23.4 Å². The zero-order valence-corrected chi connectivity index (χ0v) is 13.5. The monoisotopic (exact) mass is 339 g/mol. The van der Waals surface area contributed by atoms with Crippen LogP contribution < -0.4 is 5.32 Å². The van der Waals surface area contributed by atoms with Crippen molar-refractivity contribution >= 4 is 28.6 Å². The van der Waals surface area contributed by atoms with Crippen molar-refractivity contribution in [2.45, 2.75) is 6.92 Å². The SMILES string of the molecule is Cc1nc(-c2ccccc2)c(C(=O)Nc2cccc([N+](=O)[O-])c2)s1. The van der Waals surface area contributed by atoms with Crippen LogP contribution in [0, 0.1) is 17.0 Å². The number of nitrogens with zero attached hydrogens (tertiary/aromatic N) is 2. The van der Waals surface area contributed by atoms with Gasteiger partial charge in [0.15, 0.2) is 0 Å². The number of aryl methyl sites for hydroxylation is 1. The summed E-state index contributed by atoms with van der Waals surface area (Å²) < 4.78 is 0. The zero-order valence-electron chi connectivity index (χ0n) is 12.7. The van der Waals surface area contributed by atoms with E-state index in [1.807, 2.05) is 37.3 Å². The number of anilines is 1. The lowest BCUT2D eigenvalue weighted by Gasteiger charge is -2.05. The summed E-state index contributed by atoms with van der Waals surface area (Å²) in [6, 6.07) is 15.3. The predicted molar refractivity (Wildman–Crippen MR) is 93.3 cm³/mol. The van der Waals surface area contributed by atoms with Gasteiger partial charge in [0.2, 0.25) is 0 Å². The quantitative estimate of drug-likeness (QED) is 0.568. The fraction of sp³-hybridized carbons (Fsp3) is 0.0588. The number of hydrogen-bond acceptors (Lipinski definition) is 5. The number of nitro benzene ring substituents is 1. The number of carbonyl (C=O) groups excluding carboxylic acids is 1. The van der Waals surface area contributed by atoms with Crippen LogP contribution in [0.4, 0.5) is 11.4 Å². The van der Waals surface area contributed by atoms with Gasteiger partial charge in [0.25, 0.3) is 11.6 Å². The molecule has 7 heteroatoms. The van der Waals surface area contributed by atoms with Gasteiger partial charge >= 0.3 is 0 Å². The summed E-state index contributed by atoms with van der Waals surface area (Å²) in [7, 11) is 0. The van der Waals surface area contributed by atoms with Crippen LogP contribution in [-0.4, -0.2) is 15.8 Å². The van der Waals surface area contributed by atoms with Gasteiger partial charge < -0.3 is 5.32 Å². The van der Waals surface area contributed by atoms with Crippen molar-refractivity contribution in [2.24, 2.45) is 0 Å². The number of thiazole rings is 1. The first-order valence-electron chi connectivity index (χ1n) is 7.13. The van der Waals surface area contributed by atoms with Crippen LogP contribution >= 0.6 is 11.3 Å². The summed E-state index contributed by atoms with van der Waals surface area (Å²) in [5, 5.41) is 14.3. The Morgan fingerprint density at radius 3 is 2.62 bits per heavy atom. The number of carbonyl (C=O) groups is 1. The molecule has 0 spiro atoms. The minimum absolute atomic E-state index is 0.0726. The van der Waals surface area contributed by atoms with E-state index in [1.54, 1.807) is 6.07 Å². The third kappa shape index (κ3) is 3.31. The number of nitro groups is 1. The third-order valence-corrected chi connectivity index (χ3v) is 4.27. The van der Waals surface area contributed by atoms with Crippen LogP contribution in [0.2, 0.25) is 0 Å². The Labute approximate surface area is 141 Å². The summed E-state index contributed by atoms with van der Waals surface area (Å²) in [6.45, 7) is 1.83. The van der Waals surface area contributed by atoms with Crippen LogP contribution in [0.15, 0.2) is 54.6 Å². The van der Waals surface area contributed by atoms with Gasteiger partial charge in [-0.15, -0.1) is 11.3 Å². The number of aromatic nitrogens is 1. The van der Waals surface area contributed by atoms with Crippen molar-refractivity contribution in [1.82, 2.24) is 4.98 Å². The van der Waals surface area contributed by atoms with Crippen molar-refractivity contribution in [2.75, 3.05) is 5.32 Å². The van der Waals surface area contributed by atoms with Crippen molar-refractivity contribution in [3.05, 3.63) is 74.6 Å². The first-order chi connectivity index (χ1) is 11.5. The largest absolute Gasteiger partial charge is 0.321 e. The smallest absolute Gasteiger partial charge is 0.271 e. The van der Waals surface area contributed by atoms with Gasteiger partial charge in [-0.05, 0) is 13.0 Å². The summed E-state index contributed by atoms with van der Waals surface area (Å²) in [5.74, 6) is -0.333. The minimum Gasteiger partial charge on any atom is -0.321 e. The number of non-ortho nitro benzene ring substituents is 1. The van der Waals surface area contributed by atoms with Crippen LogP contribution in [0.5, 0.6) is 0 Å². The summed E-state index contributed by atoms with van der Waals surface area (Å²) in [4.78, 5) is 27.8. The van der Waals surface area contributed by atoms with Gasteiger partial charge in [-0.2, -0.15) is 0 Å². The van der Waals surface area contributed by atoms with Crippen molar-refractivity contribution in [1.29, 1.82) is 0 Å². The Balaban J connectivity index is 1.91. The highest BCUT2D eigenvalue weighted by Gasteiger charge is 2.19. The molecule has 6 nitrogen and oxygen atoms in total. The standard InChI is InChI=1S/C17H13N3O3S/c1-11-18-15(12-6-3-2-4-7-12)16(24-11)17(21)19-13-8-5-9-14(10-13)20(22)23/h2-10H,1H3,(H,19,21). The fourth-order valence-electron chi connectivity index (χ4n) is 2.26. The number of benzene rings is 2. The van der Waals surface area contributed by atoms with Crippen molar-refractivity contribution in [3.63, 3.8) is 0 Å². The third-order valence-electron chi connectivity index (χ3n) is 3.30. The number of rotatable bonds is 4. The summed E-state index contributed by atoms with van der Waals surface area (Å²) in [5.41, 5.74) is 1.77. The highest BCUT2D eigenvalue weighted by Crippen LogP contribution is 2.29. The molecule has 0 bridgehead atoms. The molecule has 0 saturated heterocycles. The topological polar surface area (TPSA) is 85.1 Å². The maximum atomic E-state index is 12.6. The first kappa shape index (κ1) is 15.8. The molecule has 0 atom stereocenters. The fourth-order valence-corrected chi connectivity index (χ4v) is 3.09. The van der Waals surface area contributed by atoms with E-state index in [4.69, 9.17) is 0 Å². The number of nitrogens with one attached hydrogen (secondary N) is 1. The second kappa shape index (κ2) is 6.59. The van der Waals surface area contributed by atoms with E-state index < -0.39 is 4.92 Å². The molecule has 1 N–H and O–H groups in total. The molecular formula is C17H13N3O3S. The zero-order chi connectivity index (χ0) is 17.1. The van der Waals surface area contributed by atoms with Gasteiger partial charge in [0.1, 0.15) is 4.88 Å². The van der Waals surface area contributed by atoms with Crippen LogP contribution in [0.25, 0.3) is 11.3 Å². The second-order valence-corrected chi connectivity index (χ2v) is 6.24. The van der Waals surface area contributed by atoms with Gasteiger partial charge in [-0.1, -0.05) is 36.4 Å². The van der Waals surface area contributed by atoms with E-state index in [9.17, 15) is 14.9 Å². The molecule has 120 valence electrons. The lowest BCUT2D eigenvalue weighted by molar-refractivity contribution is -0.384. The Bertz CT molecular complexity index is 906. The molecule has 0 aliphatic rings. The van der Waals surface area contributed by atoms with Crippen molar-refractivity contribution in [3.8, 4) is 11.3 Å². The Kier molecular flexibility index (Phi) is 4.35. The maximum absolute atomic E-state index is 12.6. The summed E-state index contributed by atoms with van der Waals surface area (Å²) >= 11 is 1.29. The highest BCUT2D eigenvalue weighted by atomic mass is 32.1. The van der Waals surface area contributed by atoms with Gasteiger partial charge in [-0.3, -0.25) is 14.9 Å². The molecule has 0 aliphatic heterocycles. The lowest BCUT2D eigenvalue weighted by Crippen LogP contribution is -2.11. The number of hydrogen-bond donors (Lipinski definition) is 1. The molecule has 24 heavy (non-hydrogen) atoms. The molecule has 0 aliphatic carbocycles. The molecule has 1 heterocycles. The Morgan fingerprint density at radius 1 is 1.17 bits per heavy atom. The number of amides is 1. The maximum Gasteiger partial charge on any atom is 0.271 e. The van der Waals surface area contributed by atoms with E-state index in [-0.39, 0.29) is 11.6 Å². The van der Waals surface area contributed by atoms with Gasteiger partial charge in [-0.25, -0.2) is 4.98 Å². The van der Waals surface area contributed by atoms with E-state index >= 15 is 0 Å². The molecule has 1 aromatic heterocycles. The molecule has 2 aromatic carbocycles. The second-order valence-electron chi connectivity index (χ2n) is 5.04. The highest BCUT2D eigenvalue weighted by molar-refractivity contribution is 7.14. The molecule has 3 rings (SSSR count). The van der Waals surface area contributed by atoms with E-state index in [2.05, 4.69) is 10.3 Å². The Hall–Kier alpha value is -3.06. The summed E-state index contributed by atoms with van der Waals surface area (Å²) in [6.07, 6.45) is 0. The molecular weight excluding hydrogens is 326 g/mol. The molecule has 1 amide bonds. The normalized spacial score (nSPS) is 10.4. The molecule has 0 saturated carbocycles. The molecule has 0 fully saturated rings. The lowest BCUT2D eigenvalue weighted by atomic mass is 10.1. The predicted octanol–water partition coefficient (Wildman–Crippen LogP) is 4.28. The molecule has 0 radical (unpaired) electrons. The van der Waals surface area contributed by atoms with E-state index in [0.717, 1.165) is 10.6 Å². The molecule has 0 unspecified atom stereocenters. The first-order valence-corrected chi connectivity index (χ1v) is 7.95.